The Morgan fingerprint density at radius 2 is 1.94 bits per heavy atom. The van der Waals surface area contributed by atoms with Crippen molar-refractivity contribution in [2.75, 3.05) is 20.1 Å². The summed E-state index contributed by atoms with van der Waals surface area (Å²) in [4.78, 5) is 14.5. The summed E-state index contributed by atoms with van der Waals surface area (Å²) in [5.74, 6) is -1.52. The van der Waals surface area contributed by atoms with Gasteiger partial charge in [0.25, 0.3) is 0 Å². The fourth-order valence-electron chi connectivity index (χ4n) is 2.83. The first kappa shape index (κ1) is 13.5. The Morgan fingerprint density at radius 3 is 2.44 bits per heavy atom. The SMILES string of the molecule is CN1CCN(C2CC(O)CCC2C(F)(F)F)C1=O. The van der Waals surface area contributed by atoms with Gasteiger partial charge in [0, 0.05) is 26.2 Å². The lowest BCUT2D eigenvalue weighted by Crippen LogP contribution is -2.51. The number of carbonyl (C=O) groups is 1. The molecule has 1 N–H and O–H groups in total. The highest BCUT2D eigenvalue weighted by Crippen LogP contribution is 2.40. The van der Waals surface area contributed by atoms with Crippen LogP contribution >= 0.6 is 0 Å². The highest BCUT2D eigenvalue weighted by atomic mass is 19.4. The molecule has 0 spiro atoms. The molecule has 2 aliphatic rings. The number of nitrogens with zero attached hydrogens (tertiary/aromatic N) is 2. The van der Waals surface area contributed by atoms with Crippen molar-refractivity contribution in [3.05, 3.63) is 0 Å². The number of carbonyl (C=O) groups excluding carboxylic acids is 1. The molecule has 1 saturated carbocycles. The Balaban J connectivity index is 2.18. The number of alkyl halides is 3. The number of urea groups is 1. The summed E-state index contributed by atoms with van der Waals surface area (Å²) in [6, 6.07) is -1.30. The fraction of sp³-hybridized carbons (Fsp3) is 0.909. The Morgan fingerprint density at radius 1 is 1.28 bits per heavy atom. The van der Waals surface area contributed by atoms with Crippen molar-refractivity contribution in [3.8, 4) is 0 Å². The fourth-order valence-corrected chi connectivity index (χ4v) is 2.83. The predicted molar refractivity (Wildman–Crippen MR) is 57.9 cm³/mol. The van der Waals surface area contributed by atoms with Gasteiger partial charge in [-0.25, -0.2) is 4.79 Å². The normalized spacial score (nSPS) is 34.3. The lowest BCUT2D eigenvalue weighted by atomic mass is 9.81. The van der Waals surface area contributed by atoms with Crippen LogP contribution in [0.1, 0.15) is 19.3 Å². The monoisotopic (exact) mass is 266 g/mol. The maximum atomic E-state index is 13.0. The van der Waals surface area contributed by atoms with Gasteiger partial charge in [0.05, 0.1) is 12.0 Å². The summed E-state index contributed by atoms with van der Waals surface area (Å²) in [5.41, 5.74) is 0. The summed E-state index contributed by atoms with van der Waals surface area (Å²) < 4.78 is 38.9. The summed E-state index contributed by atoms with van der Waals surface area (Å²) in [6.45, 7) is 0.745. The van der Waals surface area contributed by atoms with Crippen molar-refractivity contribution in [1.29, 1.82) is 0 Å². The molecule has 2 amide bonds. The lowest BCUT2D eigenvalue weighted by Gasteiger charge is -2.40. The number of hydrogen-bond acceptors (Lipinski definition) is 2. The maximum Gasteiger partial charge on any atom is 0.393 e. The molecule has 18 heavy (non-hydrogen) atoms. The van der Waals surface area contributed by atoms with Crippen LogP contribution in [0.2, 0.25) is 0 Å². The quantitative estimate of drug-likeness (QED) is 0.780. The van der Waals surface area contributed by atoms with E-state index < -0.39 is 24.2 Å². The minimum atomic E-state index is -4.31. The third-order valence-corrected chi connectivity index (χ3v) is 3.86. The van der Waals surface area contributed by atoms with Gasteiger partial charge in [0.1, 0.15) is 0 Å². The summed E-state index contributed by atoms with van der Waals surface area (Å²) >= 11 is 0. The molecule has 1 heterocycles. The number of halogens is 3. The third-order valence-electron chi connectivity index (χ3n) is 3.86. The Hall–Kier alpha value is -0.980. The van der Waals surface area contributed by atoms with Crippen LogP contribution in [0.3, 0.4) is 0 Å². The van der Waals surface area contributed by atoms with Gasteiger partial charge in [0.15, 0.2) is 0 Å². The highest BCUT2D eigenvalue weighted by Gasteiger charge is 2.51. The van der Waals surface area contributed by atoms with Gasteiger partial charge in [0.2, 0.25) is 0 Å². The van der Waals surface area contributed by atoms with Crippen molar-refractivity contribution >= 4 is 6.03 Å². The van der Waals surface area contributed by atoms with E-state index in [9.17, 15) is 23.1 Å². The van der Waals surface area contributed by atoms with Crippen LogP contribution in [0.5, 0.6) is 0 Å². The van der Waals surface area contributed by atoms with Gasteiger partial charge in [-0.15, -0.1) is 0 Å². The smallest absolute Gasteiger partial charge is 0.393 e. The molecule has 0 aromatic carbocycles. The van der Waals surface area contributed by atoms with Crippen LogP contribution in [0, 0.1) is 5.92 Å². The minimum Gasteiger partial charge on any atom is -0.393 e. The summed E-state index contributed by atoms with van der Waals surface area (Å²) in [7, 11) is 1.57. The first-order chi connectivity index (χ1) is 8.30. The zero-order valence-electron chi connectivity index (χ0n) is 10.2. The standard InChI is InChI=1S/C11H17F3N2O2/c1-15-4-5-16(10(15)18)9-6-7(17)2-3-8(9)11(12,13)14/h7-9,17H,2-6H2,1H3. The molecule has 4 nitrogen and oxygen atoms in total. The topological polar surface area (TPSA) is 43.8 Å². The first-order valence-electron chi connectivity index (χ1n) is 6.07. The number of hydrogen-bond donors (Lipinski definition) is 1. The zero-order chi connectivity index (χ0) is 13.5. The molecule has 0 aromatic heterocycles. The number of rotatable bonds is 1. The molecule has 2 fully saturated rings. The van der Waals surface area contributed by atoms with E-state index in [1.165, 1.54) is 9.80 Å². The van der Waals surface area contributed by atoms with E-state index in [0.717, 1.165) is 0 Å². The average molecular weight is 266 g/mol. The molecule has 1 aliphatic heterocycles. The molecule has 3 unspecified atom stereocenters. The second-order valence-electron chi connectivity index (χ2n) is 5.08. The van der Waals surface area contributed by atoms with Crippen LogP contribution < -0.4 is 0 Å². The molecule has 2 rings (SSSR count). The number of aliphatic hydroxyl groups is 1. The van der Waals surface area contributed by atoms with Crippen molar-refractivity contribution in [3.63, 3.8) is 0 Å². The second-order valence-corrected chi connectivity index (χ2v) is 5.08. The molecular weight excluding hydrogens is 249 g/mol. The predicted octanol–water partition coefficient (Wildman–Crippen LogP) is 1.45. The van der Waals surface area contributed by atoms with Crippen molar-refractivity contribution in [2.24, 2.45) is 5.92 Å². The van der Waals surface area contributed by atoms with E-state index in [1.807, 2.05) is 0 Å². The Kier molecular flexibility index (Phi) is 3.44. The van der Waals surface area contributed by atoms with Gasteiger partial charge in [-0.2, -0.15) is 13.2 Å². The number of likely N-dealkylation sites (N-methyl/N-ethyl adjacent to an activating group) is 1. The molecule has 7 heteroatoms. The van der Waals surface area contributed by atoms with Crippen LogP contribution in [0.4, 0.5) is 18.0 Å². The molecule has 104 valence electrons. The summed E-state index contributed by atoms with van der Waals surface area (Å²) in [6.07, 6.45) is -5.00. The first-order valence-corrected chi connectivity index (χ1v) is 6.07. The molecule has 0 radical (unpaired) electrons. The van der Waals surface area contributed by atoms with E-state index in [2.05, 4.69) is 0 Å². The maximum absolute atomic E-state index is 13.0. The molecule has 1 saturated heterocycles. The van der Waals surface area contributed by atoms with Crippen LogP contribution in [-0.4, -0.2) is 59.4 Å². The number of aliphatic hydroxyl groups excluding tert-OH is 1. The van der Waals surface area contributed by atoms with Gasteiger partial charge in [-0.1, -0.05) is 0 Å². The van der Waals surface area contributed by atoms with E-state index in [-0.39, 0.29) is 25.3 Å². The van der Waals surface area contributed by atoms with Gasteiger partial charge >= 0.3 is 12.2 Å². The molecule has 0 aromatic rings. The van der Waals surface area contributed by atoms with Crippen LogP contribution in [0.25, 0.3) is 0 Å². The molecule has 3 atom stereocenters. The van der Waals surface area contributed by atoms with E-state index in [0.29, 0.717) is 13.1 Å². The minimum absolute atomic E-state index is 0.0176. The zero-order valence-corrected chi connectivity index (χ0v) is 10.2. The van der Waals surface area contributed by atoms with Crippen molar-refractivity contribution in [1.82, 2.24) is 9.80 Å². The molecule has 1 aliphatic carbocycles. The van der Waals surface area contributed by atoms with E-state index >= 15 is 0 Å². The van der Waals surface area contributed by atoms with Crippen LogP contribution in [-0.2, 0) is 0 Å². The van der Waals surface area contributed by atoms with Gasteiger partial charge < -0.3 is 14.9 Å². The van der Waals surface area contributed by atoms with Gasteiger partial charge in [-0.3, -0.25) is 0 Å². The Labute approximate surface area is 103 Å². The molecule has 0 bridgehead atoms. The van der Waals surface area contributed by atoms with Crippen LogP contribution in [0.15, 0.2) is 0 Å². The van der Waals surface area contributed by atoms with Gasteiger partial charge in [-0.05, 0) is 19.3 Å². The number of amides is 2. The average Bonchev–Trinajstić information content (AvgIpc) is 2.58. The van der Waals surface area contributed by atoms with E-state index in [4.69, 9.17) is 0 Å². The highest BCUT2D eigenvalue weighted by molar-refractivity contribution is 5.76. The summed E-state index contributed by atoms with van der Waals surface area (Å²) in [5, 5.41) is 9.56. The third kappa shape index (κ3) is 2.41. The van der Waals surface area contributed by atoms with E-state index in [1.54, 1.807) is 7.05 Å². The molecular formula is C11H17F3N2O2. The largest absolute Gasteiger partial charge is 0.393 e. The lowest BCUT2D eigenvalue weighted by molar-refractivity contribution is -0.200. The second kappa shape index (κ2) is 4.60. The van der Waals surface area contributed by atoms with Crippen molar-refractivity contribution in [2.45, 2.75) is 37.6 Å². The Bertz CT molecular complexity index is 335. The van der Waals surface area contributed by atoms with Crippen molar-refractivity contribution < 1.29 is 23.1 Å².